The average Bonchev–Trinajstić information content (AvgIpc) is 1.90. The van der Waals surface area contributed by atoms with E-state index in [1.165, 1.54) is 0 Å². The number of pyridine rings is 1. The van der Waals surface area contributed by atoms with Crippen LogP contribution in [0, 0.1) is 6.20 Å². The van der Waals surface area contributed by atoms with Gasteiger partial charge < -0.3 is 10.1 Å². The van der Waals surface area contributed by atoms with Crippen molar-refractivity contribution >= 4 is 5.97 Å². The number of hydrogen-bond acceptors (Lipinski definition) is 2. The molecule has 0 bridgehead atoms. The normalized spacial score (nSPS) is 6.64. The quantitative estimate of drug-likeness (QED) is 0.353. The van der Waals surface area contributed by atoms with Crippen molar-refractivity contribution in [3.63, 3.8) is 0 Å². The van der Waals surface area contributed by atoms with Crippen molar-refractivity contribution in [1.29, 1.82) is 0 Å². The molecule has 1 aromatic heterocycles. The zero-order chi connectivity index (χ0) is 7.82. The summed E-state index contributed by atoms with van der Waals surface area (Å²) in [4.78, 5) is 12.7. The molecule has 0 fully saturated rings. The van der Waals surface area contributed by atoms with Crippen molar-refractivity contribution in [3.05, 3.63) is 30.6 Å². The smallest absolute Gasteiger partial charge is 0.481 e. The first-order valence-corrected chi connectivity index (χ1v) is 2.70. The molecule has 3 nitrogen and oxygen atoms in total. The molecular weight excluding hydrogens is 153 g/mol. The largest absolute Gasteiger partial charge is 1.00 e. The summed E-state index contributed by atoms with van der Waals surface area (Å²) in [5, 5.41) is 7.42. The van der Waals surface area contributed by atoms with Gasteiger partial charge in [0.2, 0.25) is 0 Å². The van der Waals surface area contributed by atoms with Crippen LogP contribution in [0.25, 0.3) is 0 Å². The monoisotopic (exact) mass is 161 g/mol. The summed E-state index contributed by atoms with van der Waals surface area (Å²) in [6.45, 7) is 1.08. The first-order chi connectivity index (χ1) is 4.73. The molecule has 0 aromatic carbocycles. The Morgan fingerprint density at radius 3 is 2.18 bits per heavy atom. The van der Waals surface area contributed by atoms with Crippen LogP contribution in [0.3, 0.4) is 0 Å². The molecule has 1 heterocycles. The van der Waals surface area contributed by atoms with E-state index in [0.29, 0.717) is 0 Å². The van der Waals surface area contributed by atoms with Crippen LogP contribution < -0.4 is 29.6 Å². The zero-order valence-corrected chi connectivity index (χ0v) is 8.61. The van der Waals surface area contributed by atoms with E-state index in [-0.39, 0.29) is 29.6 Å². The van der Waals surface area contributed by atoms with E-state index in [9.17, 15) is 0 Å². The van der Waals surface area contributed by atoms with E-state index in [2.05, 4.69) is 11.2 Å². The minimum Gasteiger partial charge on any atom is -0.481 e. The van der Waals surface area contributed by atoms with E-state index in [4.69, 9.17) is 9.90 Å². The van der Waals surface area contributed by atoms with Crippen LogP contribution in [0.4, 0.5) is 0 Å². The molecule has 0 unspecified atom stereocenters. The molecule has 0 aliphatic carbocycles. The SMILES string of the molecule is CC(=O)O.[Na+].[c-]1ccccn1. The van der Waals surface area contributed by atoms with Crippen LogP contribution >= 0.6 is 0 Å². The third-order valence-corrected chi connectivity index (χ3v) is 0.517. The summed E-state index contributed by atoms with van der Waals surface area (Å²) in [6.07, 6.45) is 4.34. The topological polar surface area (TPSA) is 50.2 Å². The minimum absolute atomic E-state index is 0. The summed E-state index contributed by atoms with van der Waals surface area (Å²) in [7, 11) is 0. The standard InChI is InChI=1S/C5H4N.C2H4O2.Na/c1-2-4-6-5-3-1;1-2(3)4;/h1-4H;1H3,(H,3,4);/q-1;;+1. The Balaban J connectivity index is 0. The van der Waals surface area contributed by atoms with Gasteiger partial charge in [0.15, 0.2) is 0 Å². The third-order valence-electron chi connectivity index (χ3n) is 0.517. The molecule has 11 heavy (non-hydrogen) atoms. The molecule has 0 amide bonds. The van der Waals surface area contributed by atoms with Gasteiger partial charge in [0, 0.05) is 6.92 Å². The van der Waals surface area contributed by atoms with Crippen LogP contribution in [0.1, 0.15) is 6.92 Å². The summed E-state index contributed by atoms with van der Waals surface area (Å²) in [5.41, 5.74) is 0. The van der Waals surface area contributed by atoms with Gasteiger partial charge in [-0.25, -0.2) is 0 Å². The van der Waals surface area contributed by atoms with E-state index >= 15 is 0 Å². The first kappa shape index (κ1) is 13.2. The van der Waals surface area contributed by atoms with Gasteiger partial charge in [-0.05, 0) is 0 Å². The Bertz CT molecular complexity index is 148. The number of rotatable bonds is 0. The van der Waals surface area contributed by atoms with E-state index in [1.807, 2.05) is 12.1 Å². The van der Waals surface area contributed by atoms with Crippen LogP contribution in [-0.4, -0.2) is 16.1 Å². The van der Waals surface area contributed by atoms with Gasteiger partial charge in [-0.2, -0.15) is 18.2 Å². The van der Waals surface area contributed by atoms with Crippen molar-refractivity contribution in [2.24, 2.45) is 0 Å². The number of nitrogens with zero attached hydrogens (tertiary/aromatic N) is 1. The molecule has 0 radical (unpaired) electrons. The van der Waals surface area contributed by atoms with Gasteiger partial charge in [0.1, 0.15) is 0 Å². The van der Waals surface area contributed by atoms with Crippen LogP contribution in [0.5, 0.6) is 0 Å². The molecule has 0 saturated carbocycles. The van der Waals surface area contributed by atoms with Gasteiger partial charge in [0.05, 0.1) is 0 Å². The molecular formula is C7H8NNaO2. The minimum atomic E-state index is -0.833. The predicted octanol–water partition coefficient (Wildman–Crippen LogP) is -2.02. The Kier molecular flexibility index (Phi) is 11.6. The molecule has 0 atom stereocenters. The molecule has 4 heteroatoms. The van der Waals surface area contributed by atoms with Crippen molar-refractivity contribution < 1.29 is 39.5 Å². The maximum Gasteiger partial charge on any atom is 1.00 e. The maximum absolute atomic E-state index is 9.00. The second-order valence-electron chi connectivity index (χ2n) is 1.48. The molecule has 0 aliphatic heterocycles. The summed E-state index contributed by atoms with van der Waals surface area (Å²) >= 11 is 0. The average molecular weight is 161 g/mol. The first-order valence-electron chi connectivity index (χ1n) is 2.70. The molecule has 1 aromatic rings. The second-order valence-corrected chi connectivity index (χ2v) is 1.48. The molecule has 0 saturated heterocycles. The summed E-state index contributed by atoms with van der Waals surface area (Å²) in [5.74, 6) is -0.833. The van der Waals surface area contributed by atoms with Gasteiger partial charge in [-0.15, -0.1) is 0 Å². The number of carbonyl (C=O) groups is 1. The Morgan fingerprint density at radius 2 is 2.09 bits per heavy atom. The zero-order valence-electron chi connectivity index (χ0n) is 6.61. The van der Waals surface area contributed by atoms with Crippen molar-refractivity contribution in [1.82, 2.24) is 4.98 Å². The number of carboxylic acids is 1. The van der Waals surface area contributed by atoms with Gasteiger partial charge in [-0.3, -0.25) is 4.79 Å². The van der Waals surface area contributed by atoms with Crippen molar-refractivity contribution in [2.75, 3.05) is 0 Å². The fourth-order valence-corrected chi connectivity index (χ4v) is 0.277. The maximum atomic E-state index is 9.00. The second kappa shape index (κ2) is 9.62. The van der Waals surface area contributed by atoms with Gasteiger partial charge in [-0.1, -0.05) is 12.4 Å². The number of aromatic nitrogens is 1. The number of carboxylic acid groups (broad SMARTS) is 1. The van der Waals surface area contributed by atoms with E-state index < -0.39 is 5.97 Å². The van der Waals surface area contributed by atoms with Crippen molar-refractivity contribution in [2.45, 2.75) is 6.92 Å². The molecule has 0 spiro atoms. The van der Waals surface area contributed by atoms with Crippen LogP contribution in [0.2, 0.25) is 0 Å². The van der Waals surface area contributed by atoms with Gasteiger partial charge >= 0.3 is 29.6 Å². The van der Waals surface area contributed by atoms with Crippen LogP contribution in [0.15, 0.2) is 24.4 Å². The van der Waals surface area contributed by atoms with Crippen LogP contribution in [-0.2, 0) is 4.79 Å². The molecule has 0 aliphatic rings. The summed E-state index contributed by atoms with van der Waals surface area (Å²) < 4.78 is 0. The predicted molar refractivity (Wildman–Crippen MR) is 36.4 cm³/mol. The Hall–Kier alpha value is -0.380. The fraction of sp³-hybridized carbons (Fsp3) is 0.143. The molecule has 1 rings (SSSR count). The molecule has 1 N–H and O–H groups in total. The number of aliphatic carboxylic acids is 1. The Morgan fingerprint density at radius 1 is 1.55 bits per heavy atom. The van der Waals surface area contributed by atoms with Gasteiger partial charge in [0.25, 0.3) is 5.97 Å². The van der Waals surface area contributed by atoms with E-state index in [1.54, 1.807) is 12.3 Å². The fourth-order valence-electron chi connectivity index (χ4n) is 0.277. The Labute approximate surface area is 87.8 Å². The van der Waals surface area contributed by atoms with E-state index in [0.717, 1.165) is 6.92 Å². The summed E-state index contributed by atoms with van der Waals surface area (Å²) in [6, 6.07) is 5.50. The molecule has 54 valence electrons. The third kappa shape index (κ3) is 17.7. The number of hydrogen-bond donors (Lipinski definition) is 1. The van der Waals surface area contributed by atoms with Crippen molar-refractivity contribution in [3.8, 4) is 0 Å².